The van der Waals surface area contributed by atoms with E-state index in [4.69, 9.17) is 5.11 Å². The lowest BCUT2D eigenvalue weighted by atomic mass is 10.2. The number of carbonyl (C=O) groups is 1. The van der Waals surface area contributed by atoms with Crippen molar-refractivity contribution in [1.82, 2.24) is 9.78 Å². The molecule has 5 nitrogen and oxygen atoms in total. The van der Waals surface area contributed by atoms with Crippen LogP contribution in [-0.4, -0.2) is 33.6 Å². The summed E-state index contributed by atoms with van der Waals surface area (Å²) in [7, 11) is 0. The average molecular weight is 165 g/mol. The summed E-state index contributed by atoms with van der Waals surface area (Å²) in [5.41, 5.74) is 0.812. The highest BCUT2D eigenvalue weighted by atomic mass is 16.4. The van der Waals surface area contributed by atoms with Crippen LogP contribution in [0.4, 0.5) is 0 Å². The van der Waals surface area contributed by atoms with Crippen molar-refractivity contribution in [3.05, 3.63) is 17.5 Å². The Kier molecular flexibility index (Phi) is 1.43. The highest BCUT2D eigenvalue weighted by Crippen LogP contribution is 2.08. The SMILES string of the molecule is O=C(O)c1cnn2c1C=NCC2. The van der Waals surface area contributed by atoms with Crippen molar-refractivity contribution in [3.8, 4) is 0 Å². The lowest BCUT2D eigenvalue weighted by Gasteiger charge is -2.06. The summed E-state index contributed by atoms with van der Waals surface area (Å²) in [4.78, 5) is 14.6. The van der Waals surface area contributed by atoms with E-state index in [-0.39, 0.29) is 5.56 Å². The molecule has 62 valence electrons. The summed E-state index contributed by atoms with van der Waals surface area (Å²) in [6.07, 6.45) is 2.91. The first kappa shape index (κ1) is 7.02. The molecule has 12 heavy (non-hydrogen) atoms. The summed E-state index contributed by atoms with van der Waals surface area (Å²) in [5, 5.41) is 12.6. The van der Waals surface area contributed by atoms with E-state index in [1.807, 2.05) is 0 Å². The van der Waals surface area contributed by atoms with Gasteiger partial charge in [-0.2, -0.15) is 5.10 Å². The molecule has 1 aliphatic rings. The number of hydrogen-bond donors (Lipinski definition) is 1. The maximum absolute atomic E-state index is 10.6. The van der Waals surface area contributed by atoms with Crippen LogP contribution in [0.3, 0.4) is 0 Å². The molecule has 0 aromatic carbocycles. The van der Waals surface area contributed by atoms with E-state index in [0.29, 0.717) is 18.8 Å². The van der Waals surface area contributed by atoms with Crippen LogP contribution in [0.15, 0.2) is 11.2 Å². The number of carboxylic acids is 1. The molecule has 0 radical (unpaired) electrons. The van der Waals surface area contributed by atoms with Gasteiger partial charge in [0, 0.05) is 6.21 Å². The number of aliphatic imine (C=N–C) groups is 1. The van der Waals surface area contributed by atoms with Gasteiger partial charge in [0.2, 0.25) is 0 Å². The molecule has 0 amide bonds. The molecule has 0 fully saturated rings. The van der Waals surface area contributed by atoms with E-state index in [9.17, 15) is 4.79 Å². The second kappa shape index (κ2) is 2.44. The number of fused-ring (bicyclic) bond motifs is 1. The predicted octanol–water partition coefficient (Wildman–Crippen LogP) is 0.0138. The maximum atomic E-state index is 10.6. The molecule has 0 bridgehead atoms. The molecule has 0 unspecified atom stereocenters. The van der Waals surface area contributed by atoms with Gasteiger partial charge in [-0.3, -0.25) is 9.67 Å². The van der Waals surface area contributed by atoms with Gasteiger partial charge in [0.1, 0.15) is 5.56 Å². The van der Waals surface area contributed by atoms with Crippen LogP contribution >= 0.6 is 0 Å². The van der Waals surface area contributed by atoms with E-state index in [1.54, 1.807) is 10.9 Å². The molecule has 2 rings (SSSR count). The molecular formula is C7H7N3O2. The third-order valence-electron chi connectivity index (χ3n) is 1.77. The molecule has 0 saturated carbocycles. The number of rotatable bonds is 1. The molecule has 2 heterocycles. The first-order valence-electron chi connectivity index (χ1n) is 3.58. The number of hydrogen-bond acceptors (Lipinski definition) is 3. The van der Waals surface area contributed by atoms with Gasteiger partial charge in [0.25, 0.3) is 0 Å². The van der Waals surface area contributed by atoms with Crippen LogP contribution in [0.25, 0.3) is 0 Å². The molecule has 5 heteroatoms. The minimum Gasteiger partial charge on any atom is -0.478 e. The molecule has 1 aromatic rings. The topological polar surface area (TPSA) is 67.5 Å². The fourth-order valence-corrected chi connectivity index (χ4v) is 1.18. The van der Waals surface area contributed by atoms with E-state index >= 15 is 0 Å². The van der Waals surface area contributed by atoms with Crippen LogP contribution in [0.1, 0.15) is 16.1 Å². The van der Waals surface area contributed by atoms with Gasteiger partial charge >= 0.3 is 5.97 Å². The third kappa shape index (κ3) is 0.903. The molecular weight excluding hydrogens is 158 g/mol. The van der Waals surface area contributed by atoms with Crippen LogP contribution in [0.2, 0.25) is 0 Å². The number of carboxylic acid groups (broad SMARTS) is 1. The molecule has 1 N–H and O–H groups in total. The smallest absolute Gasteiger partial charge is 0.339 e. The summed E-state index contributed by atoms with van der Waals surface area (Å²) >= 11 is 0. The van der Waals surface area contributed by atoms with E-state index < -0.39 is 5.97 Å². The highest BCUT2D eigenvalue weighted by Gasteiger charge is 2.16. The average Bonchev–Trinajstić information content (AvgIpc) is 2.47. The standard InChI is InChI=1S/C7H7N3O2/c11-7(12)5-3-9-10-2-1-8-4-6(5)10/h3-4H,1-2H2,(H,11,12). The molecule has 0 spiro atoms. The zero-order valence-electron chi connectivity index (χ0n) is 6.27. The van der Waals surface area contributed by atoms with Gasteiger partial charge in [-0.1, -0.05) is 0 Å². The third-order valence-corrected chi connectivity index (χ3v) is 1.77. The lowest BCUT2D eigenvalue weighted by Crippen LogP contribution is -2.14. The largest absolute Gasteiger partial charge is 0.478 e. The van der Waals surface area contributed by atoms with E-state index in [0.717, 1.165) is 0 Å². The number of aromatic carboxylic acids is 1. The minimum absolute atomic E-state index is 0.221. The minimum atomic E-state index is -0.954. The van der Waals surface area contributed by atoms with E-state index in [1.165, 1.54) is 6.20 Å². The van der Waals surface area contributed by atoms with Gasteiger partial charge < -0.3 is 5.11 Å². The Morgan fingerprint density at radius 1 is 1.67 bits per heavy atom. The Morgan fingerprint density at radius 2 is 2.50 bits per heavy atom. The van der Waals surface area contributed by atoms with Crippen LogP contribution in [-0.2, 0) is 6.54 Å². The molecule has 1 aliphatic heterocycles. The van der Waals surface area contributed by atoms with Crippen molar-refractivity contribution in [1.29, 1.82) is 0 Å². The highest BCUT2D eigenvalue weighted by molar-refractivity contribution is 5.97. The Bertz CT molecular complexity index is 354. The number of aromatic nitrogens is 2. The zero-order chi connectivity index (χ0) is 8.55. The lowest BCUT2D eigenvalue weighted by molar-refractivity contribution is 0.0696. The quantitative estimate of drug-likeness (QED) is 0.637. The van der Waals surface area contributed by atoms with Crippen molar-refractivity contribution < 1.29 is 9.90 Å². The second-order valence-electron chi connectivity index (χ2n) is 2.51. The van der Waals surface area contributed by atoms with Crippen LogP contribution in [0.5, 0.6) is 0 Å². The summed E-state index contributed by atoms with van der Waals surface area (Å²) in [6, 6.07) is 0. The Hall–Kier alpha value is -1.65. The molecule has 0 aliphatic carbocycles. The van der Waals surface area contributed by atoms with Gasteiger partial charge in [-0.05, 0) is 0 Å². The summed E-state index contributed by atoms with van der Waals surface area (Å²) < 4.78 is 1.65. The van der Waals surface area contributed by atoms with Crippen molar-refractivity contribution in [3.63, 3.8) is 0 Å². The van der Waals surface area contributed by atoms with Gasteiger partial charge in [0.05, 0.1) is 25.0 Å². The Labute approximate surface area is 68.3 Å². The first-order valence-corrected chi connectivity index (χ1v) is 3.58. The molecule has 1 aromatic heterocycles. The van der Waals surface area contributed by atoms with Crippen molar-refractivity contribution in [2.75, 3.05) is 6.54 Å². The predicted molar refractivity (Wildman–Crippen MR) is 41.6 cm³/mol. The van der Waals surface area contributed by atoms with Gasteiger partial charge in [-0.25, -0.2) is 4.79 Å². The van der Waals surface area contributed by atoms with Gasteiger partial charge in [0.15, 0.2) is 0 Å². The first-order chi connectivity index (χ1) is 5.79. The molecule has 0 atom stereocenters. The maximum Gasteiger partial charge on any atom is 0.339 e. The monoisotopic (exact) mass is 165 g/mol. The Balaban J connectivity index is 2.54. The normalized spacial score (nSPS) is 14.3. The van der Waals surface area contributed by atoms with Crippen molar-refractivity contribution >= 4 is 12.2 Å². The van der Waals surface area contributed by atoms with Crippen molar-refractivity contribution in [2.24, 2.45) is 4.99 Å². The summed E-state index contributed by atoms with van der Waals surface area (Å²) in [5.74, 6) is -0.954. The van der Waals surface area contributed by atoms with Crippen LogP contribution < -0.4 is 0 Å². The van der Waals surface area contributed by atoms with Crippen molar-refractivity contribution in [2.45, 2.75) is 6.54 Å². The van der Waals surface area contributed by atoms with Crippen LogP contribution in [0, 0.1) is 0 Å². The fraction of sp³-hybridized carbons (Fsp3) is 0.286. The zero-order valence-corrected chi connectivity index (χ0v) is 6.27. The summed E-state index contributed by atoms with van der Waals surface area (Å²) in [6.45, 7) is 1.34. The van der Waals surface area contributed by atoms with Gasteiger partial charge in [-0.15, -0.1) is 0 Å². The van der Waals surface area contributed by atoms with E-state index in [2.05, 4.69) is 10.1 Å². The fourth-order valence-electron chi connectivity index (χ4n) is 1.18. The molecule has 0 saturated heterocycles. The second-order valence-corrected chi connectivity index (χ2v) is 2.51. The Morgan fingerprint density at radius 3 is 3.25 bits per heavy atom. The number of nitrogens with zero attached hydrogens (tertiary/aromatic N) is 3.